The predicted octanol–water partition coefficient (Wildman–Crippen LogP) is 3.13. The number of nitrogens with zero attached hydrogens (tertiary/aromatic N) is 3. The number of carbonyl (C=O) groups is 1. The molecule has 0 radical (unpaired) electrons. The van der Waals surface area contributed by atoms with E-state index in [4.69, 9.17) is 0 Å². The minimum atomic E-state index is -0.223. The largest absolute Gasteiger partial charge is 0.338 e. The SMILES string of the molecule is Cc1cnn(C[C@@H]2CCCN2C(=O)[C@H]2C[C@@H]2c2cccc(F)c2)c1. The Balaban J connectivity index is 1.42. The van der Waals surface area contributed by atoms with Crippen LogP contribution >= 0.6 is 0 Å². The second-order valence-corrected chi connectivity index (χ2v) is 7.07. The Morgan fingerprint density at radius 2 is 2.29 bits per heavy atom. The number of benzene rings is 1. The summed E-state index contributed by atoms with van der Waals surface area (Å²) in [6.45, 7) is 3.61. The van der Waals surface area contributed by atoms with Crippen LogP contribution in [-0.2, 0) is 11.3 Å². The highest BCUT2D eigenvalue weighted by molar-refractivity contribution is 5.83. The number of aryl methyl sites for hydroxylation is 1. The van der Waals surface area contributed by atoms with Crippen molar-refractivity contribution in [2.75, 3.05) is 6.54 Å². The fraction of sp³-hybridized carbons (Fsp3) is 0.474. The van der Waals surface area contributed by atoms with Crippen LogP contribution in [0.3, 0.4) is 0 Å². The van der Waals surface area contributed by atoms with Crippen LogP contribution in [0.15, 0.2) is 36.7 Å². The second kappa shape index (κ2) is 6.04. The van der Waals surface area contributed by atoms with Gasteiger partial charge in [-0.15, -0.1) is 0 Å². The molecule has 5 heteroatoms. The topological polar surface area (TPSA) is 38.1 Å². The third kappa shape index (κ3) is 2.95. The highest BCUT2D eigenvalue weighted by Gasteiger charge is 2.47. The van der Waals surface area contributed by atoms with Crippen molar-refractivity contribution in [1.29, 1.82) is 0 Å². The summed E-state index contributed by atoms with van der Waals surface area (Å²) in [4.78, 5) is 14.9. The van der Waals surface area contributed by atoms with Gasteiger partial charge in [-0.25, -0.2) is 4.39 Å². The molecule has 1 aromatic heterocycles. The number of hydrogen-bond donors (Lipinski definition) is 0. The van der Waals surface area contributed by atoms with E-state index in [0.717, 1.165) is 43.5 Å². The van der Waals surface area contributed by atoms with E-state index < -0.39 is 0 Å². The van der Waals surface area contributed by atoms with Crippen LogP contribution in [0.5, 0.6) is 0 Å². The van der Waals surface area contributed by atoms with Crippen LogP contribution in [0, 0.1) is 18.7 Å². The Hall–Kier alpha value is -2.17. The lowest BCUT2D eigenvalue weighted by molar-refractivity contribution is -0.133. The lowest BCUT2D eigenvalue weighted by atomic mass is 10.1. The van der Waals surface area contributed by atoms with Gasteiger partial charge in [0.2, 0.25) is 5.91 Å². The molecule has 2 heterocycles. The van der Waals surface area contributed by atoms with Crippen molar-refractivity contribution in [3.05, 3.63) is 53.6 Å². The molecule has 2 fully saturated rings. The maximum absolute atomic E-state index is 13.4. The molecule has 1 amide bonds. The number of likely N-dealkylation sites (tertiary alicyclic amines) is 1. The van der Waals surface area contributed by atoms with E-state index >= 15 is 0 Å². The van der Waals surface area contributed by atoms with Gasteiger partial charge >= 0.3 is 0 Å². The number of aromatic nitrogens is 2. The van der Waals surface area contributed by atoms with Gasteiger partial charge in [0.15, 0.2) is 0 Å². The standard InChI is InChI=1S/C19H22FN3O/c1-13-10-21-22(11-13)12-16-6-3-7-23(16)19(24)18-9-17(18)14-4-2-5-15(20)8-14/h2,4-5,8,10-11,16-18H,3,6-7,9,12H2,1H3/t16-,17+,18-/m0/s1. The molecule has 2 aliphatic rings. The van der Waals surface area contributed by atoms with Gasteiger partial charge in [-0.05, 0) is 55.4 Å². The maximum atomic E-state index is 13.4. The number of halogens is 1. The van der Waals surface area contributed by atoms with E-state index in [9.17, 15) is 9.18 Å². The molecule has 0 N–H and O–H groups in total. The lowest BCUT2D eigenvalue weighted by Gasteiger charge is -2.25. The molecule has 1 aliphatic heterocycles. The first kappa shape index (κ1) is 15.4. The average Bonchev–Trinajstić information content (AvgIpc) is 3.06. The summed E-state index contributed by atoms with van der Waals surface area (Å²) in [6, 6.07) is 6.89. The Morgan fingerprint density at radius 3 is 3.04 bits per heavy atom. The first-order valence-electron chi connectivity index (χ1n) is 8.67. The quantitative estimate of drug-likeness (QED) is 0.865. The normalized spacial score (nSPS) is 25.9. The molecule has 1 aliphatic carbocycles. The van der Waals surface area contributed by atoms with Crippen molar-refractivity contribution < 1.29 is 9.18 Å². The molecule has 1 saturated heterocycles. The smallest absolute Gasteiger partial charge is 0.226 e. The van der Waals surface area contributed by atoms with Crippen LogP contribution in [0.25, 0.3) is 0 Å². The third-order valence-corrected chi connectivity index (χ3v) is 5.20. The van der Waals surface area contributed by atoms with Gasteiger partial charge in [0.05, 0.1) is 18.8 Å². The Bertz CT molecular complexity index is 757. The molecule has 0 unspecified atom stereocenters. The van der Waals surface area contributed by atoms with E-state index in [1.165, 1.54) is 6.07 Å². The second-order valence-electron chi connectivity index (χ2n) is 7.07. The van der Waals surface area contributed by atoms with Crippen LogP contribution in [0.2, 0.25) is 0 Å². The number of amides is 1. The summed E-state index contributed by atoms with van der Waals surface area (Å²) in [6.07, 6.45) is 6.79. The zero-order valence-corrected chi connectivity index (χ0v) is 13.9. The van der Waals surface area contributed by atoms with Crippen molar-refractivity contribution in [2.24, 2.45) is 5.92 Å². The molecule has 0 spiro atoms. The maximum Gasteiger partial charge on any atom is 0.226 e. The summed E-state index contributed by atoms with van der Waals surface area (Å²) in [7, 11) is 0. The Kier molecular flexibility index (Phi) is 3.87. The molecule has 126 valence electrons. The highest BCUT2D eigenvalue weighted by Crippen LogP contribution is 2.49. The van der Waals surface area contributed by atoms with Crippen molar-refractivity contribution >= 4 is 5.91 Å². The molecule has 4 nitrogen and oxygen atoms in total. The zero-order valence-electron chi connectivity index (χ0n) is 13.9. The van der Waals surface area contributed by atoms with E-state index in [-0.39, 0.29) is 29.6 Å². The molecule has 3 atom stereocenters. The van der Waals surface area contributed by atoms with Gasteiger partial charge in [0.25, 0.3) is 0 Å². The van der Waals surface area contributed by atoms with Gasteiger partial charge in [-0.1, -0.05) is 12.1 Å². The molecule has 2 aromatic rings. The van der Waals surface area contributed by atoms with Crippen molar-refractivity contribution in [1.82, 2.24) is 14.7 Å². The van der Waals surface area contributed by atoms with Crippen molar-refractivity contribution in [2.45, 2.75) is 44.7 Å². The minimum absolute atomic E-state index is 0.0201. The lowest BCUT2D eigenvalue weighted by Crippen LogP contribution is -2.39. The van der Waals surface area contributed by atoms with Crippen LogP contribution < -0.4 is 0 Å². The first-order chi connectivity index (χ1) is 11.6. The van der Waals surface area contributed by atoms with E-state index in [2.05, 4.69) is 5.10 Å². The van der Waals surface area contributed by atoms with E-state index in [1.807, 2.05) is 35.0 Å². The van der Waals surface area contributed by atoms with Gasteiger partial charge in [-0.3, -0.25) is 9.48 Å². The fourth-order valence-corrected chi connectivity index (χ4v) is 3.88. The van der Waals surface area contributed by atoms with Gasteiger partial charge in [0.1, 0.15) is 5.82 Å². The van der Waals surface area contributed by atoms with E-state index in [0.29, 0.717) is 0 Å². The summed E-state index contributed by atoms with van der Waals surface area (Å²) in [5, 5.41) is 4.34. The third-order valence-electron chi connectivity index (χ3n) is 5.20. The molecule has 0 bridgehead atoms. The Morgan fingerprint density at radius 1 is 1.42 bits per heavy atom. The molecular formula is C19H22FN3O. The fourth-order valence-electron chi connectivity index (χ4n) is 3.88. The first-order valence-corrected chi connectivity index (χ1v) is 8.67. The molecular weight excluding hydrogens is 305 g/mol. The van der Waals surface area contributed by atoms with E-state index in [1.54, 1.807) is 12.1 Å². The van der Waals surface area contributed by atoms with Crippen molar-refractivity contribution in [3.63, 3.8) is 0 Å². The minimum Gasteiger partial charge on any atom is -0.338 e. The highest BCUT2D eigenvalue weighted by atomic mass is 19.1. The molecule has 1 saturated carbocycles. The molecule has 24 heavy (non-hydrogen) atoms. The van der Waals surface area contributed by atoms with Crippen LogP contribution in [-0.4, -0.2) is 33.2 Å². The van der Waals surface area contributed by atoms with Crippen molar-refractivity contribution in [3.8, 4) is 0 Å². The molecule has 4 rings (SSSR count). The summed E-state index contributed by atoms with van der Waals surface area (Å²) < 4.78 is 15.3. The van der Waals surface area contributed by atoms with Gasteiger partial charge in [0, 0.05) is 18.7 Å². The summed E-state index contributed by atoms with van der Waals surface area (Å²) >= 11 is 0. The van der Waals surface area contributed by atoms with Gasteiger partial charge < -0.3 is 4.90 Å². The summed E-state index contributed by atoms with van der Waals surface area (Å²) in [5.41, 5.74) is 2.09. The monoisotopic (exact) mass is 327 g/mol. The zero-order chi connectivity index (χ0) is 16.7. The number of carbonyl (C=O) groups excluding carboxylic acids is 1. The van der Waals surface area contributed by atoms with Crippen LogP contribution in [0.1, 0.15) is 36.3 Å². The van der Waals surface area contributed by atoms with Gasteiger partial charge in [-0.2, -0.15) is 5.10 Å². The number of hydrogen-bond acceptors (Lipinski definition) is 2. The Labute approximate surface area is 141 Å². The predicted molar refractivity (Wildman–Crippen MR) is 88.9 cm³/mol. The number of rotatable bonds is 4. The summed E-state index contributed by atoms with van der Waals surface area (Å²) in [5.74, 6) is 0.211. The molecule has 1 aromatic carbocycles. The average molecular weight is 327 g/mol. The van der Waals surface area contributed by atoms with Crippen LogP contribution in [0.4, 0.5) is 4.39 Å².